The lowest BCUT2D eigenvalue weighted by molar-refractivity contribution is -0.0994. The van der Waals surface area contributed by atoms with E-state index in [-0.39, 0.29) is 5.60 Å². The second-order valence-corrected chi connectivity index (χ2v) is 5.21. The van der Waals surface area contributed by atoms with Gasteiger partial charge in [0.05, 0.1) is 0 Å². The van der Waals surface area contributed by atoms with E-state index in [4.69, 9.17) is 9.47 Å². The first-order valence-corrected chi connectivity index (χ1v) is 5.96. The average molecular weight is 279 g/mol. The molecule has 0 radical (unpaired) electrons. The standard InChI is InChI=1S/C8H11BrN2O2S/c1-12-8(2-4-13-5-3-8)6-10-7(9)14-11-6/h2-5H2,1H3. The van der Waals surface area contributed by atoms with Gasteiger partial charge in [-0.15, -0.1) is 0 Å². The van der Waals surface area contributed by atoms with Crippen molar-refractivity contribution in [2.45, 2.75) is 18.4 Å². The minimum absolute atomic E-state index is 0.333. The molecule has 2 heterocycles. The maximum Gasteiger partial charge on any atom is 0.179 e. The van der Waals surface area contributed by atoms with E-state index in [9.17, 15) is 0 Å². The van der Waals surface area contributed by atoms with E-state index in [1.165, 1.54) is 11.5 Å². The van der Waals surface area contributed by atoms with Gasteiger partial charge in [0.25, 0.3) is 0 Å². The van der Waals surface area contributed by atoms with Crippen molar-refractivity contribution in [1.82, 2.24) is 9.36 Å². The summed E-state index contributed by atoms with van der Waals surface area (Å²) in [6.45, 7) is 1.43. The third-order valence-corrected chi connectivity index (χ3v) is 3.62. The van der Waals surface area contributed by atoms with Crippen molar-refractivity contribution in [3.63, 3.8) is 0 Å². The van der Waals surface area contributed by atoms with Crippen LogP contribution in [0.1, 0.15) is 18.7 Å². The third kappa shape index (κ3) is 1.84. The lowest BCUT2D eigenvalue weighted by atomic mass is 9.93. The normalized spacial score (nSPS) is 21.0. The molecule has 0 aromatic carbocycles. The van der Waals surface area contributed by atoms with Crippen molar-refractivity contribution in [3.05, 3.63) is 9.74 Å². The molecule has 78 valence electrons. The van der Waals surface area contributed by atoms with Gasteiger partial charge >= 0.3 is 0 Å². The van der Waals surface area contributed by atoms with Crippen LogP contribution >= 0.6 is 27.5 Å². The van der Waals surface area contributed by atoms with E-state index in [1.54, 1.807) is 7.11 Å². The molecule has 0 aliphatic carbocycles. The second kappa shape index (κ2) is 4.22. The van der Waals surface area contributed by atoms with Gasteiger partial charge < -0.3 is 9.47 Å². The summed E-state index contributed by atoms with van der Waals surface area (Å²) in [6, 6.07) is 0. The molecule has 0 amide bonds. The molecule has 1 aromatic heterocycles. The van der Waals surface area contributed by atoms with Gasteiger partial charge in [0.2, 0.25) is 0 Å². The third-order valence-electron chi connectivity index (χ3n) is 2.50. The zero-order valence-corrected chi connectivity index (χ0v) is 10.2. The minimum atomic E-state index is -0.333. The van der Waals surface area contributed by atoms with Crippen LogP contribution in [0.3, 0.4) is 0 Å². The molecule has 14 heavy (non-hydrogen) atoms. The highest BCUT2D eigenvalue weighted by Gasteiger charge is 2.38. The van der Waals surface area contributed by atoms with E-state index in [1.807, 2.05) is 0 Å². The van der Waals surface area contributed by atoms with Crippen molar-refractivity contribution in [2.75, 3.05) is 20.3 Å². The summed E-state index contributed by atoms with van der Waals surface area (Å²) in [5, 5.41) is 0. The monoisotopic (exact) mass is 278 g/mol. The minimum Gasteiger partial charge on any atom is -0.381 e. The summed E-state index contributed by atoms with van der Waals surface area (Å²) in [7, 11) is 1.71. The number of ether oxygens (including phenoxy) is 2. The molecule has 4 nitrogen and oxygen atoms in total. The molecule has 2 rings (SSSR count). The van der Waals surface area contributed by atoms with Gasteiger partial charge in [0.1, 0.15) is 5.60 Å². The van der Waals surface area contributed by atoms with Gasteiger partial charge in [0.15, 0.2) is 9.74 Å². The molecule has 0 atom stereocenters. The molecule has 1 aliphatic heterocycles. The molecule has 0 spiro atoms. The van der Waals surface area contributed by atoms with Crippen LogP contribution in [0.5, 0.6) is 0 Å². The molecular formula is C8H11BrN2O2S. The number of halogens is 1. The molecule has 0 unspecified atom stereocenters. The Labute approximate surface area is 94.9 Å². The Morgan fingerprint density at radius 3 is 2.71 bits per heavy atom. The van der Waals surface area contributed by atoms with E-state index >= 15 is 0 Å². The first kappa shape index (κ1) is 10.5. The van der Waals surface area contributed by atoms with Crippen molar-refractivity contribution >= 4 is 27.5 Å². The van der Waals surface area contributed by atoms with Crippen LogP contribution in [-0.2, 0) is 15.1 Å². The van der Waals surface area contributed by atoms with Crippen molar-refractivity contribution < 1.29 is 9.47 Å². The summed E-state index contributed by atoms with van der Waals surface area (Å²) in [4.78, 5) is 4.32. The van der Waals surface area contributed by atoms with Gasteiger partial charge in [-0.25, -0.2) is 4.98 Å². The zero-order valence-electron chi connectivity index (χ0n) is 7.83. The van der Waals surface area contributed by atoms with Gasteiger partial charge in [-0.05, 0) is 27.5 Å². The summed E-state index contributed by atoms with van der Waals surface area (Å²) in [6.07, 6.45) is 1.65. The maximum absolute atomic E-state index is 5.56. The lowest BCUT2D eigenvalue weighted by Crippen LogP contribution is -2.36. The van der Waals surface area contributed by atoms with Crippen LogP contribution in [0.2, 0.25) is 0 Å². The fourth-order valence-electron chi connectivity index (χ4n) is 1.61. The highest BCUT2D eigenvalue weighted by atomic mass is 79.9. The summed E-state index contributed by atoms with van der Waals surface area (Å²) >= 11 is 4.66. The van der Waals surface area contributed by atoms with Crippen LogP contribution in [-0.4, -0.2) is 29.7 Å². The molecular weight excluding hydrogens is 268 g/mol. The first-order chi connectivity index (χ1) is 6.77. The molecule has 6 heteroatoms. The molecule has 1 fully saturated rings. The van der Waals surface area contributed by atoms with E-state index in [0.717, 1.165) is 22.6 Å². The van der Waals surface area contributed by atoms with Crippen LogP contribution < -0.4 is 0 Å². The smallest absolute Gasteiger partial charge is 0.179 e. The van der Waals surface area contributed by atoms with Gasteiger partial charge in [0, 0.05) is 33.2 Å². The van der Waals surface area contributed by atoms with E-state index in [0.29, 0.717) is 13.2 Å². The van der Waals surface area contributed by atoms with Crippen molar-refractivity contribution in [1.29, 1.82) is 0 Å². The number of rotatable bonds is 2. The number of methoxy groups -OCH3 is 1. The highest BCUT2D eigenvalue weighted by molar-refractivity contribution is 9.11. The van der Waals surface area contributed by atoms with Crippen LogP contribution in [0.4, 0.5) is 0 Å². The Morgan fingerprint density at radius 2 is 2.21 bits per heavy atom. The second-order valence-electron chi connectivity index (χ2n) is 3.18. The highest BCUT2D eigenvalue weighted by Crippen LogP contribution is 2.34. The SMILES string of the molecule is COC1(c2nsc(Br)n2)CCOCC1. The topological polar surface area (TPSA) is 44.2 Å². The largest absolute Gasteiger partial charge is 0.381 e. The predicted octanol–water partition coefficient (Wildman–Crippen LogP) is 1.95. The fourth-order valence-corrected chi connectivity index (χ4v) is 2.49. The first-order valence-electron chi connectivity index (χ1n) is 4.39. The summed E-state index contributed by atoms with van der Waals surface area (Å²) in [5.74, 6) is 0.778. The Kier molecular flexibility index (Phi) is 3.16. The molecule has 1 aromatic rings. The Morgan fingerprint density at radius 1 is 1.50 bits per heavy atom. The fraction of sp³-hybridized carbons (Fsp3) is 0.750. The Bertz CT molecular complexity index is 312. The van der Waals surface area contributed by atoms with Gasteiger partial charge in [-0.3, -0.25) is 0 Å². The van der Waals surface area contributed by atoms with E-state index in [2.05, 4.69) is 25.3 Å². The molecule has 1 aliphatic rings. The van der Waals surface area contributed by atoms with Crippen LogP contribution in [0.25, 0.3) is 0 Å². The summed E-state index contributed by atoms with van der Waals surface area (Å²) in [5.41, 5.74) is -0.333. The number of hydrogen-bond acceptors (Lipinski definition) is 5. The van der Waals surface area contributed by atoms with Gasteiger partial charge in [-0.1, -0.05) is 0 Å². The van der Waals surface area contributed by atoms with E-state index < -0.39 is 0 Å². The van der Waals surface area contributed by atoms with Crippen molar-refractivity contribution in [2.24, 2.45) is 0 Å². The van der Waals surface area contributed by atoms with Crippen LogP contribution in [0, 0.1) is 0 Å². The quantitative estimate of drug-likeness (QED) is 0.830. The molecule has 0 bridgehead atoms. The summed E-state index contributed by atoms with van der Waals surface area (Å²) < 4.78 is 16.0. The molecule has 0 saturated carbocycles. The number of hydrogen-bond donors (Lipinski definition) is 0. The lowest BCUT2D eigenvalue weighted by Gasteiger charge is -2.33. The zero-order chi connectivity index (χ0) is 10.0. The van der Waals surface area contributed by atoms with Crippen LogP contribution in [0.15, 0.2) is 3.92 Å². The average Bonchev–Trinajstić information content (AvgIpc) is 2.66. The van der Waals surface area contributed by atoms with Crippen molar-refractivity contribution in [3.8, 4) is 0 Å². The Hall–Kier alpha value is -0.0400. The number of nitrogens with zero attached hydrogens (tertiary/aromatic N) is 2. The predicted molar refractivity (Wildman–Crippen MR) is 56.3 cm³/mol. The molecule has 1 saturated heterocycles. The maximum atomic E-state index is 5.56. The van der Waals surface area contributed by atoms with Gasteiger partial charge in [-0.2, -0.15) is 4.37 Å². The number of aromatic nitrogens is 2. The Balaban J connectivity index is 2.26. The molecule has 0 N–H and O–H groups in total.